The average molecular weight is 258 g/mol. The topological polar surface area (TPSA) is 55.1 Å². The summed E-state index contributed by atoms with van der Waals surface area (Å²) in [6.45, 7) is 3.85. The number of nitrogen functional groups attached to an aromatic ring is 1. The normalized spacial score (nSPS) is 10.3. The van der Waals surface area contributed by atoms with Crippen LogP contribution in [0.1, 0.15) is 21.5 Å². The second-order valence-corrected chi connectivity index (χ2v) is 4.50. The summed E-state index contributed by atoms with van der Waals surface area (Å²) in [7, 11) is 0. The summed E-state index contributed by atoms with van der Waals surface area (Å²) in [5, 5.41) is 2.79. The lowest BCUT2D eigenvalue weighted by molar-refractivity contribution is 0.102. The molecule has 1 amide bonds. The number of hydrogen-bond acceptors (Lipinski definition) is 2. The average Bonchev–Trinajstić information content (AvgIpc) is 2.33. The fourth-order valence-electron chi connectivity index (χ4n) is 1.80. The summed E-state index contributed by atoms with van der Waals surface area (Å²) in [5.74, 6) is -0.799. The summed E-state index contributed by atoms with van der Waals surface area (Å²) in [6.07, 6.45) is 0. The highest BCUT2D eigenvalue weighted by Gasteiger charge is 2.11. The van der Waals surface area contributed by atoms with E-state index < -0.39 is 5.82 Å². The Kier molecular flexibility index (Phi) is 3.51. The summed E-state index contributed by atoms with van der Waals surface area (Å²) in [5.41, 5.74) is 8.77. The van der Waals surface area contributed by atoms with Crippen molar-refractivity contribution in [3.05, 3.63) is 58.9 Å². The van der Waals surface area contributed by atoms with Gasteiger partial charge in [-0.1, -0.05) is 12.1 Å². The number of carbonyl (C=O) groups excluding carboxylic acids is 1. The molecule has 3 nitrogen and oxygen atoms in total. The molecule has 4 heteroatoms. The number of nitrogens with one attached hydrogen (secondary N) is 1. The van der Waals surface area contributed by atoms with Crippen molar-refractivity contribution in [1.29, 1.82) is 0 Å². The van der Waals surface area contributed by atoms with Crippen LogP contribution in [0.5, 0.6) is 0 Å². The van der Waals surface area contributed by atoms with Crippen molar-refractivity contribution < 1.29 is 9.18 Å². The van der Waals surface area contributed by atoms with E-state index in [4.69, 9.17) is 5.73 Å². The van der Waals surface area contributed by atoms with E-state index >= 15 is 0 Å². The van der Waals surface area contributed by atoms with E-state index in [1.165, 1.54) is 12.1 Å². The highest BCUT2D eigenvalue weighted by Crippen LogP contribution is 2.19. The predicted octanol–water partition coefficient (Wildman–Crippen LogP) is 3.28. The predicted molar refractivity (Wildman–Crippen MR) is 74.7 cm³/mol. The zero-order valence-corrected chi connectivity index (χ0v) is 10.8. The standard InChI is InChI=1S/C15H15FN2O/c1-9-3-4-10(2)14(7-9)18-15(19)12-6-5-11(16)8-13(12)17/h3-8H,17H2,1-2H3,(H,18,19). The highest BCUT2D eigenvalue weighted by molar-refractivity contribution is 6.08. The van der Waals surface area contributed by atoms with E-state index in [1.807, 2.05) is 32.0 Å². The molecule has 2 rings (SSSR count). The van der Waals surface area contributed by atoms with Gasteiger partial charge >= 0.3 is 0 Å². The Hall–Kier alpha value is -2.36. The van der Waals surface area contributed by atoms with E-state index in [9.17, 15) is 9.18 Å². The number of halogens is 1. The maximum Gasteiger partial charge on any atom is 0.257 e. The lowest BCUT2D eigenvalue weighted by Crippen LogP contribution is -2.15. The van der Waals surface area contributed by atoms with Crippen molar-refractivity contribution in [2.75, 3.05) is 11.1 Å². The summed E-state index contributed by atoms with van der Waals surface area (Å²) >= 11 is 0. The van der Waals surface area contributed by atoms with Crippen LogP contribution in [0, 0.1) is 19.7 Å². The first kappa shape index (κ1) is 13.1. The number of hydrogen-bond donors (Lipinski definition) is 2. The Morgan fingerprint density at radius 3 is 2.58 bits per heavy atom. The van der Waals surface area contributed by atoms with Crippen LogP contribution in [0.15, 0.2) is 36.4 Å². The van der Waals surface area contributed by atoms with Gasteiger partial charge < -0.3 is 11.1 Å². The molecule has 19 heavy (non-hydrogen) atoms. The van der Waals surface area contributed by atoms with Crippen LogP contribution in [0.25, 0.3) is 0 Å². The molecule has 2 aromatic carbocycles. The Labute approximate surface area is 111 Å². The fourth-order valence-corrected chi connectivity index (χ4v) is 1.80. The van der Waals surface area contributed by atoms with Crippen LogP contribution < -0.4 is 11.1 Å². The van der Waals surface area contributed by atoms with Crippen LogP contribution in [-0.2, 0) is 0 Å². The molecule has 0 saturated carbocycles. The van der Waals surface area contributed by atoms with Gasteiger partial charge in [-0.05, 0) is 49.2 Å². The quantitative estimate of drug-likeness (QED) is 0.812. The van der Waals surface area contributed by atoms with Gasteiger partial charge in [-0.3, -0.25) is 4.79 Å². The van der Waals surface area contributed by atoms with Crippen LogP contribution in [0.2, 0.25) is 0 Å². The summed E-state index contributed by atoms with van der Waals surface area (Å²) < 4.78 is 12.9. The van der Waals surface area contributed by atoms with Gasteiger partial charge in [-0.15, -0.1) is 0 Å². The minimum atomic E-state index is -0.458. The summed E-state index contributed by atoms with van der Waals surface area (Å²) in [4.78, 5) is 12.1. The number of carbonyl (C=O) groups is 1. The van der Waals surface area contributed by atoms with E-state index in [0.29, 0.717) is 0 Å². The first-order chi connectivity index (χ1) is 8.97. The first-order valence-electron chi connectivity index (χ1n) is 5.91. The number of rotatable bonds is 2. The minimum Gasteiger partial charge on any atom is -0.398 e. The van der Waals surface area contributed by atoms with Gasteiger partial charge in [0.1, 0.15) is 5.82 Å². The molecule has 0 bridgehead atoms. The molecule has 0 spiro atoms. The van der Waals surface area contributed by atoms with Crippen molar-refractivity contribution in [2.24, 2.45) is 0 Å². The fraction of sp³-hybridized carbons (Fsp3) is 0.133. The second-order valence-electron chi connectivity index (χ2n) is 4.50. The molecule has 0 fully saturated rings. The molecule has 3 N–H and O–H groups in total. The van der Waals surface area contributed by atoms with Gasteiger partial charge in [0.2, 0.25) is 0 Å². The third kappa shape index (κ3) is 2.91. The Morgan fingerprint density at radius 1 is 1.16 bits per heavy atom. The van der Waals surface area contributed by atoms with Crippen LogP contribution in [0.3, 0.4) is 0 Å². The molecule has 0 aromatic heterocycles. The zero-order valence-electron chi connectivity index (χ0n) is 10.8. The molecule has 0 radical (unpaired) electrons. The number of aryl methyl sites for hydroxylation is 2. The molecule has 2 aromatic rings. The third-order valence-electron chi connectivity index (χ3n) is 2.90. The monoisotopic (exact) mass is 258 g/mol. The highest BCUT2D eigenvalue weighted by atomic mass is 19.1. The van der Waals surface area contributed by atoms with Gasteiger partial charge in [-0.2, -0.15) is 0 Å². The van der Waals surface area contributed by atoms with E-state index in [1.54, 1.807) is 0 Å². The molecule has 0 aliphatic carbocycles. The van der Waals surface area contributed by atoms with E-state index in [-0.39, 0.29) is 17.2 Å². The number of benzene rings is 2. The van der Waals surface area contributed by atoms with Crippen LogP contribution in [0.4, 0.5) is 15.8 Å². The lowest BCUT2D eigenvalue weighted by atomic mass is 10.1. The number of nitrogens with two attached hydrogens (primary N) is 1. The molecule has 0 unspecified atom stereocenters. The van der Waals surface area contributed by atoms with E-state index in [0.717, 1.165) is 22.9 Å². The van der Waals surface area contributed by atoms with E-state index in [2.05, 4.69) is 5.32 Å². The molecular formula is C15H15FN2O. The number of anilines is 2. The Balaban J connectivity index is 2.28. The second kappa shape index (κ2) is 5.10. The van der Waals surface area contributed by atoms with Gasteiger partial charge in [0.05, 0.1) is 5.56 Å². The molecule has 98 valence electrons. The van der Waals surface area contributed by atoms with Crippen LogP contribution in [-0.4, -0.2) is 5.91 Å². The largest absolute Gasteiger partial charge is 0.398 e. The SMILES string of the molecule is Cc1ccc(C)c(NC(=O)c2ccc(F)cc2N)c1. The lowest BCUT2D eigenvalue weighted by Gasteiger charge is -2.10. The minimum absolute atomic E-state index is 0.128. The maximum absolute atomic E-state index is 12.9. The molecule has 0 heterocycles. The van der Waals surface area contributed by atoms with Crippen molar-refractivity contribution in [2.45, 2.75) is 13.8 Å². The maximum atomic E-state index is 12.9. The Bertz CT molecular complexity index is 638. The molecule has 0 aliphatic rings. The zero-order chi connectivity index (χ0) is 14.0. The van der Waals surface area contributed by atoms with Crippen molar-refractivity contribution in [1.82, 2.24) is 0 Å². The van der Waals surface area contributed by atoms with Gasteiger partial charge in [-0.25, -0.2) is 4.39 Å². The van der Waals surface area contributed by atoms with Crippen molar-refractivity contribution in [3.8, 4) is 0 Å². The van der Waals surface area contributed by atoms with Gasteiger partial charge in [0.15, 0.2) is 0 Å². The molecular weight excluding hydrogens is 243 g/mol. The third-order valence-corrected chi connectivity index (χ3v) is 2.90. The molecule has 0 saturated heterocycles. The van der Waals surface area contributed by atoms with Gasteiger partial charge in [0.25, 0.3) is 5.91 Å². The molecule has 0 atom stereocenters. The smallest absolute Gasteiger partial charge is 0.257 e. The van der Waals surface area contributed by atoms with Crippen molar-refractivity contribution in [3.63, 3.8) is 0 Å². The van der Waals surface area contributed by atoms with Crippen LogP contribution >= 0.6 is 0 Å². The van der Waals surface area contributed by atoms with Gasteiger partial charge in [0, 0.05) is 11.4 Å². The summed E-state index contributed by atoms with van der Waals surface area (Å²) in [6, 6.07) is 9.51. The first-order valence-corrected chi connectivity index (χ1v) is 5.91. The molecule has 0 aliphatic heterocycles. The number of amides is 1. The Morgan fingerprint density at radius 2 is 1.89 bits per heavy atom. The van der Waals surface area contributed by atoms with Crippen molar-refractivity contribution >= 4 is 17.3 Å².